The van der Waals surface area contributed by atoms with Crippen LogP contribution in [0.4, 0.5) is 5.69 Å². The van der Waals surface area contributed by atoms with Gasteiger partial charge in [-0.2, -0.15) is 0 Å². The van der Waals surface area contributed by atoms with Crippen molar-refractivity contribution in [2.75, 3.05) is 5.73 Å². The normalized spacial score (nSPS) is 11.6. The Morgan fingerprint density at radius 2 is 2.12 bits per heavy atom. The highest BCUT2D eigenvalue weighted by Crippen LogP contribution is 2.07. The van der Waals surface area contributed by atoms with Crippen LogP contribution in [-0.4, -0.2) is 5.84 Å². The van der Waals surface area contributed by atoms with Gasteiger partial charge in [0.2, 0.25) is 0 Å². The molecule has 0 aliphatic rings. The van der Waals surface area contributed by atoms with Gasteiger partial charge in [-0.1, -0.05) is 12.1 Å². The average Bonchev–Trinajstić information content (AvgIpc) is 2.78. The minimum atomic E-state index is 0.438. The van der Waals surface area contributed by atoms with E-state index in [2.05, 4.69) is 4.99 Å². The van der Waals surface area contributed by atoms with Gasteiger partial charge in [0, 0.05) is 11.3 Å². The van der Waals surface area contributed by atoms with Gasteiger partial charge in [-0.05, 0) is 24.3 Å². The lowest BCUT2D eigenvalue weighted by atomic mass is 10.2. The molecule has 16 heavy (non-hydrogen) atoms. The molecule has 0 spiro atoms. The monoisotopic (exact) mass is 215 g/mol. The van der Waals surface area contributed by atoms with Crippen LogP contribution in [0.15, 0.2) is 52.1 Å². The van der Waals surface area contributed by atoms with E-state index in [4.69, 9.17) is 15.9 Å². The van der Waals surface area contributed by atoms with Crippen molar-refractivity contribution in [1.29, 1.82) is 0 Å². The number of aliphatic imine (C=N–C) groups is 1. The molecular formula is C12H13N3O. The number of nitrogen functional groups attached to an aromatic ring is 1. The second kappa shape index (κ2) is 4.53. The summed E-state index contributed by atoms with van der Waals surface area (Å²) in [5.41, 5.74) is 13.0. The summed E-state index contributed by atoms with van der Waals surface area (Å²) in [4.78, 5) is 4.22. The second-order valence-corrected chi connectivity index (χ2v) is 3.41. The van der Waals surface area contributed by atoms with Gasteiger partial charge in [-0.25, -0.2) is 0 Å². The fourth-order valence-electron chi connectivity index (χ4n) is 1.35. The molecule has 4 N–H and O–H groups in total. The van der Waals surface area contributed by atoms with Crippen LogP contribution in [0.5, 0.6) is 0 Å². The van der Waals surface area contributed by atoms with Crippen LogP contribution in [-0.2, 0) is 6.54 Å². The van der Waals surface area contributed by atoms with Gasteiger partial charge in [0.05, 0.1) is 12.8 Å². The molecule has 82 valence electrons. The van der Waals surface area contributed by atoms with Gasteiger partial charge in [-0.3, -0.25) is 4.99 Å². The fourth-order valence-corrected chi connectivity index (χ4v) is 1.35. The van der Waals surface area contributed by atoms with Crippen molar-refractivity contribution < 1.29 is 4.42 Å². The molecule has 1 aromatic heterocycles. The van der Waals surface area contributed by atoms with Crippen molar-refractivity contribution in [1.82, 2.24) is 0 Å². The molecule has 0 aliphatic heterocycles. The summed E-state index contributed by atoms with van der Waals surface area (Å²) in [6.45, 7) is 0.438. The third-order valence-electron chi connectivity index (χ3n) is 2.17. The lowest BCUT2D eigenvalue weighted by Crippen LogP contribution is -2.13. The number of nitrogens with zero attached hydrogens (tertiary/aromatic N) is 1. The maximum Gasteiger partial charge on any atom is 0.126 e. The SMILES string of the molecule is NC(=NCc1ccco1)c1cccc(N)c1. The Labute approximate surface area is 93.6 Å². The zero-order valence-corrected chi connectivity index (χ0v) is 8.76. The summed E-state index contributed by atoms with van der Waals surface area (Å²) < 4.78 is 5.16. The molecule has 0 amide bonds. The highest BCUT2D eigenvalue weighted by molar-refractivity contribution is 5.98. The number of hydrogen-bond acceptors (Lipinski definition) is 3. The highest BCUT2D eigenvalue weighted by Gasteiger charge is 1.99. The van der Waals surface area contributed by atoms with Crippen molar-refractivity contribution in [2.24, 2.45) is 10.7 Å². The molecule has 0 radical (unpaired) electrons. The van der Waals surface area contributed by atoms with E-state index in [1.165, 1.54) is 0 Å². The molecule has 0 saturated heterocycles. The lowest BCUT2D eigenvalue weighted by Gasteiger charge is -2.01. The average molecular weight is 215 g/mol. The van der Waals surface area contributed by atoms with E-state index in [0.717, 1.165) is 11.3 Å². The van der Waals surface area contributed by atoms with E-state index >= 15 is 0 Å². The minimum absolute atomic E-state index is 0.438. The first-order valence-electron chi connectivity index (χ1n) is 4.94. The zero-order chi connectivity index (χ0) is 11.4. The summed E-state index contributed by atoms with van der Waals surface area (Å²) in [5.74, 6) is 1.25. The number of anilines is 1. The summed E-state index contributed by atoms with van der Waals surface area (Å²) in [5, 5.41) is 0. The zero-order valence-electron chi connectivity index (χ0n) is 8.76. The number of amidine groups is 1. The molecule has 0 unspecified atom stereocenters. The van der Waals surface area contributed by atoms with Crippen LogP contribution in [0, 0.1) is 0 Å². The van der Waals surface area contributed by atoms with E-state index in [9.17, 15) is 0 Å². The van der Waals surface area contributed by atoms with Crippen molar-refractivity contribution in [2.45, 2.75) is 6.54 Å². The highest BCUT2D eigenvalue weighted by atomic mass is 16.3. The Balaban J connectivity index is 2.12. The van der Waals surface area contributed by atoms with Crippen molar-refractivity contribution in [3.8, 4) is 0 Å². The Bertz CT molecular complexity index is 489. The van der Waals surface area contributed by atoms with E-state index in [0.29, 0.717) is 18.1 Å². The van der Waals surface area contributed by atoms with Crippen molar-refractivity contribution in [3.63, 3.8) is 0 Å². The molecule has 0 aliphatic carbocycles. The number of nitrogens with two attached hydrogens (primary N) is 2. The number of rotatable bonds is 3. The first kappa shape index (κ1) is 10.3. The number of furan rings is 1. The quantitative estimate of drug-likeness (QED) is 0.465. The Morgan fingerprint density at radius 1 is 1.25 bits per heavy atom. The van der Waals surface area contributed by atoms with E-state index < -0.39 is 0 Å². The molecule has 0 saturated carbocycles. The molecule has 4 heteroatoms. The molecule has 2 aromatic rings. The van der Waals surface area contributed by atoms with Crippen LogP contribution >= 0.6 is 0 Å². The number of benzene rings is 1. The molecule has 1 heterocycles. The first-order chi connectivity index (χ1) is 7.75. The lowest BCUT2D eigenvalue weighted by molar-refractivity contribution is 0.513. The largest absolute Gasteiger partial charge is 0.467 e. The molecule has 0 bridgehead atoms. The van der Waals surface area contributed by atoms with E-state index in [1.54, 1.807) is 12.3 Å². The van der Waals surface area contributed by atoms with Crippen LogP contribution in [0.3, 0.4) is 0 Å². The molecule has 2 rings (SSSR count). The molecule has 4 nitrogen and oxygen atoms in total. The minimum Gasteiger partial charge on any atom is -0.467 e. The first-order valence-corrected chi connectivity index (χ1v) is 4.94. The van der Waals surface area contributed by atoms with Gasteiger partial charge < -0.3 is 15.9 Å². The summed E-state index contributed by atoms with van der Waals surface area (Å²) in [7, 11) is 0. The summed E-state index contributed by atoms with van der Waals surface area (Å²) in [6.07, 6.45) is 1.61. The summed E-state index contributed by atoms with van der Waals surface area (Å²) in [6, 6.07) is 11.0. The molecule has 0 atom stereocenters. The van der Waals surface area contributed by atoms with Gasteiger partial charge in [0.15, 0.2) is 0 Å². The predicted molar refractivity (Wildman–Crippen MR) is 64.0 cm³/mol. The summed E-state index contributed by atoms with van der Waals surface area (Å²) >= 11 is 0. The Kier molecular flexibility index (Phi) is 2.91. The number of hydrogen-bond donors (Lipinski definition) is 2. The van der Waals surface area contributed by atoms with Crippen molar-refractivity contribution in [3.05, 3.63) is 54.0 Å². The van der Waals surface area contributed by atoms with E-state index in [1.807, 2.05) is 30.3 Å². The van der Waals surface area contributed by atoms with Gasteiger partial charge in [0.25, 0.3) is 0 Å². The molecular weight excluding hydrogens is 202 g/mol. The van der Waals surface area contributed by atoms with Crippen LogP contribution in [0.1, 0.15) is 11.3 Å². The third-order valence-corrected chi connectivity index (χ3v) is 2.17. The van der Waals surface area contributed by atoms with Gasteiger partial charge in [0.1, 0.15) is 11.6 Å². The Morgan fingerprint density at radius 3 is 2.81 bits per heavy atom. The maximum absolute atomic E-state index is 5.83. The molecule has 0 fully saturated rings. The van der Waals surface area contributed by atoms with Crippen LogP contribution in [0.25, 0.3) is 0 Å². The second-order valence-electron chi connectivity index (χ2n) is 3.41. The third kappa shape index (κ3) is 2.42. The topological polar surface area (TPSA) is 77.5 Å². The van der Waals surface area contributed by atoms with Crippen molar-refractivity contribution >= 4 is 11.5 Å². The predicted octanol–water partition coefficient (Wildman–Crippen LogP) is 1.77. The van der Waals surface area contributed by atoms with Gasteiger partial charge in [-0.15, -0.1) is 0 Å². The van der Waals surface area contributed by atoms with Crippen LogP contribution < -0.4 is 11.5 Å². The maximum atomic E-state index is 5.83. The standard InChI is InChI=1S/C12H13N3O/c13-10-4-1-3-9(7-10)12(14)15-8-11-5-2-6-16-11/h1-7H,8,13H2,(H2,14,15). The molecule has 1 aromatic carbocycles. The van der Waals surface area contributed by atoms with Gasteiger partial charge >= 0.3 is 0 Å². The van der Waals surface area contributed by atoms with E-state index in [-0.39, 0.29) is 0 Å². The van der Waals surface area contributed by atoms with Crippen LogP contribution in [0.2, 0.25) is 0 Å². The Hall–Kier alpha value is -2.23. The smallest absolute Gasteiger partial charge is 0.126 e. The fraction of sp³-hybridized carbons (Fsp3) is 0.0833.